The molecule has 7 heteroatoms. The maximum absolute atomic E-state index is 11.9. The zero-order chi connectivity index (χ0) is 17.1. The van der Waals surface area contributed by atoms with Crippen molar-refractivity contribution >= 4 is 33.8 Å². The molecule has 0 bridgehead atoms. The first kappa shape index (κ1) is 15.9. The summed E-state index contributed by atoms with van der Waals surface area (Å²) in [6.45, 7) is 0. The molecule has 1 N–H and O–H groups in total. The fraction of sp³-hybridized carbons (Fsp3) is 0. The number of hydrogen-bond donors (Lipinski definition) is 1. The summed E-state index contributed by atoms with van der Waals surface area (Å²) >= 11 is 3.32. The van der Waals surface area contributed by atoms with Crippen LogP contribution in [0.1, 0.15) is 16.1 Å². The van der Waals surface area contributed by atoms with Crippen LogP contribution in [0.5, 0.6) is 5.95 Å². The third-order valence-corrected chi connectivity index (χ3v) is 3.70. The van der Waals surface area contributed by atoms with Gasteiger partial charge < -0.3 is 14.6 Å². The molecule has 0 saturated carbocycles. The van der Waals surface area contributed by atoms with Gasteiger partial charge in [-0.25, -0.2) is 9.78 Å². The second kappa shape index (κ2) is 6.67. The number of aromatic carboxylic acids is 1. The molecule has 0 fully saturated rings. The monoisotopic (exact) mass is 385 g/mol. The van der Waals surface area contributed by atoms with Crippen molar-refractivity contribution in [1.82, 2.24) is 4.98 Å². The Bertz CT molecular complexity index is 917. The summed E-state index contributed by atoms with van der Waals surface area (Å²) in [7, 11) is 0. The summed E-state index contributed by atoms with van der Waals surface area (Å²) in [5, 5.41) is 21.0. The minimum atomic E-state index is -1.10. The topological polar surface area (TPSA) is 98.8 Å². The molecule has 0 unspecified atom stereocenters. The number of para-hydroxylation sites is 1. The van der Waals surface area contributed by atoms with E-state index in [9.17, 15) is 9.90 Å². The van der Waals surface area contributed by atoms with Gasteiger partial charge in [0, 0.05) is 10.0 Å². The third kappa shape index (κ3) is 3.36. The van der Waals surface area contributed by atoms with Crippen molar-refractivity contribution in [3.05, 3.63) is 64.3 Å². The highest BCUT2D eigenvalue weighted by Gasteiger charge is 2.08. The van der Waals surface area contributed by atoms with E-state index in [-0.39, 0.29) is 22.8 Å². The van der Waals surface area contributed by atoms with Crippen LogP contribution in [0.25, 0.3) is 11.5 Å². The van der Waals surface area contributed by atoms with Crippen molar-refractivity contribution in [2.75, 3.05) is 0 Å². The average Bonchev–Trinajstić information content (AvgIpc) is 2.94. The highest BCUT2D eigenvalue weighted by molar-refractivity contribution is 9.10. The Morgan fingerprint density at radius 1 is 1.21 bits per heavy atom. The Kier molecular flexibility index (Phi) is 4.43. The van der Waals surface area contributed by atoms with Gasteiger partial charge >= 0.3 is 5.97 Å². The molecular weight excluding hydrogens is 376 g/mol. The molecule has 0 radical (unpaired) electrons. The van der Waals surface area contributed by atoms with Gasteiger partial charge in [0.15, 0.2) is 0 Å². The Labute approximate surface area is 145 Å². The maximum atomic E-state index is 11.9. The minimum absolute atomic E-state index is 0.00751. The first-order chi connectivity index (χ1) is 11.5. The smallest absolute Gasteiger partial charge is 0.337 e. The lowest BCUT2D eigenvalue weighted by molar-refractivity contribution is -0.293. The van der Waals surface area contributed by atoms with Crippen LogP contribution < -0.4 is 5.11 Å². The molecule has 0 saturated heterocycles. The molecule has 0 aliphatic carbocycles. The summed E-state index contributed by atoms with van der Waals surface area (Å²) in [5.41, 5.74) is 0.935. The van der Waals surface area contributed by atoms with Gasteiger partial charge in [-0.3, -0.25) is 4.99 Å². The highest BCUT2D eigenvalue weighted by atomic mass is 79.9. The molecule has 3 aromatic rings. The van der Waals surface area contributed by atoms with Gasteiger partial charge in [-0.1, -0.05) is 40.2 Å². The van der Waals surface area contributed by atoms with Gasteiger partial charge in [0.1, 0.15) is 11.6 Å². The van der Waals surface area contributed by atoms with Gasteiger partial charge in [0.25, 0.3) is 0 Å². The molecule has 0 atom stereocenters. The first-order valence-corrected chi connectivity index (χ1v) is 7.64. The summed E-state index contributed by atoms with van der Waals surface area (Å²) in [4.78, 5) is 19.3. The zero-order valence-corrected chi connectivity index (χ0v) is 13.7. The van der Waals surface area contributed by atoms with Gasteiger partial charge in [-0.05, 0) is 24.3 Å². The van der Waals surface area contributed by atoms with Crippen molar-refractivity contribution < 1.29 is 19.4 Å². The lowest BCUT2D eigenvalue weighted by Crippen LogP contribution is -1.97. The van der Waals surface area contributed by atoms with Crippen LogP contribution in [0.3, 0.4) is 0 Å². The summed E-state index contributed by atoms with van der Waals surface area (Å²) in [6, 6.07) is 13.4. The number of benzene rings is 2. The van der Waals surface area contributed by atoms with Crippen LogP contribution in [0.2, 0.25) is 0 Å². The molecule has 0 aliphatic heterocycles. The zero-order valence-electron chi connectivity index (χ0n) is 12.1. The number of rotatable bonds is 4. The fourth-order valence-corrected chi connectivity index (χ4v) is 2.28. The van der Waals surface area contributed by atoms with Crippen LogP contribution in [0.15, 0.2) is 62.4 Å². The van der Waals surface area contributed by atoms with E-state index in [0.717, 1.165) is 4.47 Å². The van der Waals surface area contributed by atoms with E-state index in [0.29, 0.717) is 5.56 Å². The average molecular weight is 386 g/mol. The SMILES string of the molecule is O=C(O)c1ccccc1N=Cc1nc(-c2ccc(Br)cc2)oc1[O-]. The van der Waals surface area contributed by atoms with E-state index in [4.69, 9.17) is 9.52 Å². The van der Waals surface area contributed by atoms with Crippen LogP contribution in [-0.4, -0.2) is 22.3 Å². The van der Waals surface area contributed by atoms with Crippen molar-refractivity contribution in [1.29, 1.82) is 0 Å². The minimum Gasteiger partial charge on any atom is -0.562 e. The van der Waals surface area contributed by atoms with Crippen molar-refractivity contribution in [2.24, 2.45) is 4.99 Å². The van der Waals surface area contributed by atoms with Crippen LogP contribution >= 0.6 is 15.9 Å². The van der Waals surface area contributed by atoms with E-state index in [1.807, 2.05) is 0 Å². The number of nitrogens with zero attached hydrogens (tertiary/aromatic N) is 2. The summed E-state index contributed by atoms with van der Waals surface area (Å²) in [6.07, 6.45) is 1.20. The number of carbonyl (C=O) groups is 1. The normalized spacial score (nSPS) is 11.0. The van der Waals surface area contributed by atoms with Crippen molar-refractivity contribution in [3.8, 4) is 17.4 Å². The predicted octanol–water partition coefficient (Wildman–Crippen LogP) is 3.63. The Morgan fingerprint density at radius 2 is 1.92 bits per heavy atom. The van der Waals surface area contributed by atoms with E-state index in [2.05, 4.69) is 25.9 Å². The number of carboxylic acid groups (broad SMARTS) is 1. The number of halogens is 1. The highest BCUT2D eigenvalue weighted by Crippen LogP contribution is 2.26. The molecule has 1 heterocycles. The quantitative estimate of drug-likeness (QED) is 0.691. The Hall–Kier alpha value is -2.93. The maximum Gasteiger partial charge on any atom is 0.337 e. The molecule has 3 rings (SSSR count). The fourth-order valence-electron chi connectivity index (χ4n) is 2.01. The molecule has 2 aromatic carbocycles. The lowest BCUT2D eigenvalue weighted by atomic mass is 10.2. The number of oxazole rings is 1. The van der Waals surface area contributed by atoms with Gasteiger partial charge in [-0.2, -0.15) is 0 Å². The summed E-state index contributed by atoms with van der Waals surface area (Å²) in [5.74, 6) is -1.55. The molecular formula is C17H10BrN2O4-. The van der Waals surface area contributed by atoms with E-state index in [1.165, 1.54) is 12.3 Å². The number of hydrogen-bond acceptors (Lipinski definition) is 5. The van der Waals surface area contributed by atoms with Crippen molar-refractivity contribution in [3.63, 3.8) is 0 Å². The lowest BCUT2D eigenvalue weighted by Gasteiger charge is -1.99. The third-order valence-electron chi connectivity index (χ3n) is 3.17. The van der Waals surface area contributed by atoms with Gasteiger partial charge in [-0.15, -0.1) is 0 Å². The van der Waals surface area contributed by atoms with Crippen molar-refractivity contribution in [2.45, 2.75) is 0 Å². The standard InChI is InChI=1S/C17H11BrN2O4/c18-11-7-5-10(6-8-11)15-20-14(17(23)24-15)9-19-13-4-2-1-3-12(13)16(21)22/h1-9,23H,(H,21,22)/p-1. The number of aliphatic imine (C=N–C) groups is 1. The molecule has 1 aromatic heterocycles. The second-order valence-corrected chi connectivity index (χ2v) is 5.69. The molecule has 0 aliphatic rings. The van der Waals surface area contributed by atoms with Gasteiger partial charge in [0.05, 0.1) is 23.4 Å². The predicted molar refractivity (Wildman–Crippen MR) is 89.7 cm³/mol. The Morgan fingerprint density at radius 3 is 2.62 bits per heavy atom. The number of carboxylic acids is 1. The molecule has 0 spiro atoms. The molecule has 0 amide bonds. The van der Waals surface area contributed by atoms with E-state index < -0.39 is 11.9 Å². The van der Waals surface area contributed by atoms with Crippen LogP contribution in [0, 0.1) is 0 Å². The first-order valence-electron chi connectivity index (χ1n) is 6.85. The molecule has 24 heavy (non-hydrogen) atoms. The largest absolute Gasteiger partial charge is 0.562 e. The van der Waals surface area contributed by atoms with E-state index >= 15 is 0 Å². The Balaban J connectivity index is 1.91. The molecule has 120 valence electrons. The molecule has 6 nitrogen and oxygen atoms in total. The number of aromatic nitrogens is 1. The van der Waals surface area contributed by atoms with Crippen LogP contribution in [0.4, 0.5) is 5.69 Å². The second-order valence-electron chi connectivity index (χ2n) is 4.78. The summed E-state index contributed by atoms with van der Waals surface area (Å²) < 4.78 is 6.01. The van der Waals surface area contributed by atoms with Crippen LogP contribution in [-0.2, 0) is 0 Å². The van der Waals surface area contributed by atoms with Gasteiger partial charge in [0.2, 0.25) is 0 Å². The van der Waals surface area contributed by atoms with E-state index in [1.54, 1.807) is 42.5 Å².